The van der Waals surface area contributed by atoms with Gasteiger partial charge >= 0.3 is 5.97 Å². The van der Waals surface area contributed by atoms with Crippen LogP contribution in [0.3, 0.4) is 0 Å². The average Bonchev–Trinajstić information content (AvgIpc) is 3.15. The van der Waals surface area contributed by atoms with E-state index in [2.05, 4.69) is 22.3 Å². The minimum Gasteiger partial charge on any atom is -0.466 e. The molecule has 0 saturated carbocycles. The number of rotatable bonds is 9. The van der Waals surface area contributed by atoms with Gasteiger partial charge in [-0.2, -0.15) is 5.10 Å². The third-order valence-corrected chi connectivity index (χ3v) is 4.85. The number of unbranched alkanes of at least 4 members (excludes halogenated alkanes) is 1. The number of anilines is 1. The first-order valence-electron chi connectivity index (χ1n) is 8.76. The van der Waals surface area contributed by atoms with Gasteiger partial charge in [-0.1, -0.05) is 24.9 Å². The number of ether oxygens (including phenoxy) is 1. The van der Waals surface area contributed by atoms with Crippen molar-refractivity contribution in [1.29, 1.82) is 0 Å². The molecule has 0 fully saturated rings. The number of thiazole rings is 1. The molecule has 0 aliphatic rings. The van der Waals surface area contributed by atoms with Gasteiger partial charge in [0.2, 0.25) is 5.91 Å². The molecule has 0 atom stereocenters. The highest BCUT2D eigenvalue weighted by Gasteiger charge is 2.12. The van der Waals surface area contributed by atoms with E-state index in [1.54, 1.807) is 23.1 Å². The fourth-order valence-corrected chi connectivity index (χ4v) is 3.36. The summed E-state index contributed by atoms with van der Waals surface area (Å²) in [4.78, 5) is 27.8. The van der Waals surface area contributed by atoms with Gasteiger partial charge in [-0.3, -0.25) is 19.6 Å². The second-order valence-electron chi connectivity index (χ2n) is 5.81. The fraction of sp³-hybridized carbons (Fsp3) is 0.444. The Morgan fingerprint density at radius 1 is 1.41 bits per heavy atom. The van der Waals surface area contributed by atoms with E-state index in [-0.39, 0.29) is 18.3 Å². The zero-order chi connectivity index (χ0) is 19.8. The molecule has 27 heavy (non-hydrogen) atoms. The van der Waals surface area contributed by atoms with Crippen LogP contribution in [-0.2, 0) is 27.3 Å². The monoisotopic (exact) mass is 410 g/mol. The SMILES string of the molecule is CCCCn1nc(C)c(C=CC(=O)Nc2nc(CC(=O)OCC)cs2)c1Cl. The number of carbonyl (C=O) groups excluding carboxylic acids is 2. The van der Waals surface area contributed by atoms with Crippen molar-refractivity contribution in [3.8, 4) is 0 Å². The van der Waals surface area contributed by atoms with Gasteiger partial charge in [-0.25, -0.2) is 4.98 Å². The lowest BCUT2D eigenvalue weighted by Crippen LogP contribution is -2.09. The first-order chi connectivity index (χ1) is 12.9. The predicted molar refractivity (Wildman–Crippen MR) is 107 cm³/mol. The van der Waals surface area contributed by atoms with Crippen molar-refractivity contribution in [1.82, 2.24) is 14.8 Å². The number of aromatic nitrogens is 3. The molecule has 0 aliphatic carbocycles. The van der Waals surface area contributed by atoms with E-state index in [0.717, 1.165) is 30.6 Å². The van der Waals surface area contributed by atoms with Crippen LogP contribution in [0.4, 0.5) is 5.13 Å². The Bertz CT molecular complexity index is 829. The second-order valence-corrected chi connectivity index (χ2v) is 7.03. The van der Waals surface area contributed by atoms with E-state index in [4.69, 9.17) is 16.3 Å². The quantitative estimate of drug-likeness (QED) is 0.501. The summed E-state index contributed by atoms with van der Waals surface area (Å²) in [5, 5.41) is 9.74. The highest BCUT2D eigenvalue weighted by Crippen LogP contribution is 2.22. The molecule has 7 nitrogen and oxygen atoms in total. The minimum absolute atomic E-state index is 0.0851. The van der Waals surface area contributed by atoms with Crippen LogP contribution in [0.25, 0.3) is 6.08 Å². The van der Waals surface area contributed by atoms with Crippen LogP contribution in [0.15, 0.2) is 11.5 Å². The molecule has 0 radical (unpaired) electrons. The molecular formula is C18H23ClN4O3S. The number of aryl methyl sites for hydroxylation is 2. The van der Waals surface area contributed by atoms with Crippen molar-refractivity contribution in [2.45, 2.75) is 46.6 Å². The summed E-state index contributed by atoms with van der Waals surface area (Å²) in [6, 6.07) is 0. The minimum atomic E-state index is -0.342. The Kier molecular flexibility index (Phi) is 7.99. The average molecular weight is 411 g/mol. The summed E-state index contributed by atoms with van der Waals surface area (Å²) in [5.74, 6) is -0.672. The number of amides is 1. The van der Waals surface area contributed by atoms with Gasteiger partial charge in [-0.15, -0.1) is 11.3 Å². The second kappa shape index (κ2) is 10.2. The smallest absolute Gasteiger partial charge is 0.311 e. The molecule has 2 heterocycles. The summed E-state index contributed by atoms with van der Waals surface area (Å²) in [6.07, 6.45) is 5.17. The van der Waals surface area contributed by atoms with E-state index in [9.17, 15) is 9.59 Å². The number of nitrogens with zero attached hydrogens (tertiary/aromatic N) is 3. The summed E-state index contributed by atoms with van der Waals surface area (Å²) in [5.41, 5.74) is 2.06. The maximum absolute atomic E-state index is 12.1. The Labute approximate surface area is 167 Å². The molecule has 1 N–H and O–H groups in total. The molecule has 9 heteroatoms. The zero-order valence-electron chi connectivity index (χ0n) is 15.6. The Balaban J connectivity index is 1.97. The molecule has 0 spiro atoms. The molecule has 2 aromatic heterocycles. The van der Waals surface area contributed by atoms with E-state index < -0.39 is 0 Å². The third kappa shape index (κ3) is 6.18. The molecule has 0 saturated heterocycles. The van der Waals surface area contributed by atoms with Crippen LogP contribution < -0.4 is 5.32 Å². The zero-order valence-corrected chi connectivity index (χ0v) is 17.2. The molecule has 146 valence electrons. The van der Waals surface area contributed by atoms with Gasteiger partial charge < -0.3 is 4.74 Å². The highest BCUT2D eigenvalue weighted by atomic mass is 35.5. The maximum atomic E-state index is 12.1. The molecule has 0 unspecified atom stereocenters. The summed E-state index contributed by atoms with van der Waals surface area (Å²) < 4.78 is 6.63. The largest absolute Gasteiger partial charge is 0.466 e. The van der Waals surface area contributed by atoms with E-state index >= 15 is 0 Å². The Hall–Kier alpha value is -2.19. The van der Waals surface area contributed by atoms with Crippen LogP contribution >= 0.6 is 22.9 Å². The molecule has 0 bridgehead atoms. The lowest BCUT2D eigenvalue weighted by molar-refractivity contribution is -0.142. The number of esters is 1. The number of hydrogen-bond donors (Lipinski definition) is 1. The Morgan fingerprint density at radius 3 is 2.89 bits per heavy atom. The van der Waals surface area contributed by atoms with Crippen molar-refractivity contribution in [2.24, 2.45) is 0 Å². The van der Waals surface area contributed by atoms with Crippen LogP contribution in [0.5, 0.6) is 0 Å². The normalized spacial score (nSPS) is 11.1. The molecule has 2 rings (SSSR count). The summed E-state index contributed by atoms with van der Waals surface area (Å²) in [7, 11) is 0. The van der Waals surface area contributed by atoms with Crippen LogP contribution in [-0.4, -0.2) is 33.2 Å². The van der Waals surface area contributed by atoms with E-state index in [0.29, 0.717) is 22.6 Å². The van der Waals surface area contributed by atoms with Crippen molar-refractivity contribution in [3.05, 3.63) is 33.6 Å². The number of hydrogen-bond acceptors (Lipinski definition) is 6. The highest BCUT2D eigenvalue weighted by molar-refractivity contribution is 7.14. The standard InChI is InChI=1S/C18H23ClN4O3S/c1-4-6-9-23-17(19)14(12(3)22-23)7-8-15(24)21-18-20-13(11-27-18)10-16(25)26-5-2/h7-8,11H,4-6,9-10H2,1-3H3,(H,20,21,24). The first kappa shape index (κ1) is 21.1. The first-order valence-corrected chi connectivity index (χ1v) is 10.0. The van der Waals surface area contributed by atoms with Crippen LogP contribution in [0.1, 0.15) is 43.6 Å². The number of carbonyl (C=O) groups is 2. The molecule has 2 aromatic rings. The van der Waals surface area contributed by atoms with Gasteiger partial charge in [0.25, 0.3) is 0 Å². The van der Waals surface area contributed by atoms with Gasteiger partial charge in [0.15, 0.2) is 5.13 Å². The number of halogens is 1. The van der Waals surface area contributed by atoms with Gasteiger partial charge in [0, 0.05) is 23.6 Å². The third-order valence-electron chi connectivity index (χ3n) is 3.65. The molecule has 0 aliphatic heterocycles. The predicted octanol–water partition coefficient (Wildman–Crippen LogP) is 3.86. The van der Waals surface area contributed by atoms with Gasteiger partial charge in [-0.05, 0) is 26.3 Å². The molecule has 0 aromatic carbocycles. The molecular weight excluding hydrogens is 388 g/mol. The summed E-state index contributed by atoms with van der Waals surface area (Å²) >= 11 is 7.60. The van der Waals surface area contributed by atoms with Crippen LogP contribution in [0, 0.1) is 6.92 Å². The molecule has 1 amide bonds. The topological polar surface area (TPSA) is 86.1 Å². The van der Waals surface area contributed by atoms with Crippen molar-refractivity contribution >= 4 is 46.0 Å². The van der Waals surface area contributed by atoms with E-state index in [1.807, 2.05) is 6.92 Å². The van der Waals surface area contributed by atoms with Gasteiger partial charge in [0.1, 0.15) is 5.15 Å². The maximum Gasteiger partial charge on any atom is 0.311 e. The summed E-state index contributed by atoms with van der Waals surface area (Å²) in [6.45, 7) is 6.78. The van der Waals surface area contributed by atoms with Crippen molar-refractivity contribution < 1.29 is 14.3 Å². The van der Waals surface area contributed by atoms with Crippen LogP contribution in [0.2, 0.25) is 5.15 Å². The van der Waals surface area contributed by atoms with Crippen molar-refractivity contribution in [3.63, 3.8) is 0 Å². The fourth-order valence-electron chi connectivity index (χ4n) is 2.32. The lowest BCUT2D eigenvalue weighted by atomic mass is 10.2. The Morgan fingerprint density at radius 2 is 2.19 bits per heavy atom. The number of nitrogens with one attached hydrogen (secondary N) is 1. The lowest BCUT2D eigenvalue weighted by Gasteiger charge is -2.00. The van der Waals surface area contributed by atoms with E-state index in [1.165, 1.54) is 17.4 Å². The van der Waals surface area contributed by atoms with Gasteiger partial charge in [0.05, 0.1) is 24.4 Å². The van der Waals surface area contributed by atoms with Crippen molar-refractivity contribution in [2.75, 3.05) is 11.9 Å².